The summed E-state index contributed by atoms with van der Waals surface area (Å²) in [4.78, 5) is 25.1. The van der Waals surface area contributed by atoms with Crippen LogP contribution in [0.3, 0.4) is 0 Å². The third-order valence-corrected chi connectivity index (χ3v) is 6.24. The van der Waals surface area contributed by atoms with Crippen LogP contribution in [0.25, 0.3) is 5.78 Å². The molecule has 158 valence electrons. The predicted molar refractivity (Wildman–Crippen MR) is 115 cm³/mol. The highest BCUT2D eigenvalue weighted by Crippen LogP contribution is 2.16. The minimum Gasteiger partial charge on any atom is -0.331 e. The van der Waals surface area contributed by atoms with Gasteiger partial charge in [0.25, 0.3) is 5.78 Å². The normalized spacial score (nSPS) is 15.3. The molecule has 2 aromatic heterocycles. The van der Waals surface area contributed by atoms with Gasteiger partial charge in [0.1, 0.15) is 12.9 Å². The quantitative estimate of drug-likeness (QED) is 0.693. The first-order chi connectivity index (χ1) is 14.4. The Morgan fingerprint density at radius 3 is 2.50 bits per heavy atom. The number of aromatic nitrogens is 4. The second-order valence-electron chi connectivity index (χ2n) is 8.61. The molecule has 3 heterocycles. The molecule has 7 nitrogen and oxygen atoms in total. The Balaban J connectivity index is 1.34. The molecule has 1 N–H and O–H groups in total. The third kappa shape index (κ3) is 4.21. The van der Waals surface area contributed by atoms with Gasteiger partial charge in [0, 0.05) is 22.5 Å². The fourth-order valence-electron chi connectivity index (χ4n) is 4.23. The van der Waals surface area contributed by atoms with Crippen molar-refractivity contribution in [2.75, 3.05) is 26.2 Å². The first-order valence-corrected chi connectivity index (χ1v) is 10.8. The molecular weight excluding hydrogens is 376 g/mol. The maximum atomic E-state index is 13.0. The Labute approximate surface area is 177 Å². The van der Waals surface area contributed by atoms with Crippen molar-refractivity contribution < 1.29 is 9.69 Å². The lowest BCUT2D eigenvalue weighted by Gasteiger charge is -2.32. The van der Waals surface area contributed by atoms with Crippen LogP contribution in [0.1, 0.15) is 47.8 Å². The number of benzene rings is 1. The summed E-state index contributed by atoms with van der Waals surface area (Å²) in [7, 11) is 0. The second kappa shape index (κ2) is 8.52. The van der Waals surface area contributed by atoms with Gasteiger partial charge < -0.3 is 9.80 Å². The maximum Gasteiger partial charge on any atom is 0.252 e. The average Bonchev–Trinajstić information content (AvgIpc) is 3.20. The highest BCUT2D eigenvalue weighted by atomic mass is 16.2. The van der Waals surface area contributed by atoms with Crippen molar-refractivity contribution in [2.45, 2.75) is 46.6 Å². The molecule has 1 aliphatic heterocycles. The minimum absolute atomic E-state index is 0.169. The monoisotopic (exact) mass is 407 g/mol. The minimum atomic E-state index is 0.169. The van der Waals surface area contributed by atoms with E-state index in [9.17, 15) is 4.79 Å². The van der Waals surface area contributed by atoms with E-state index in [0.717, 1.165) is 49.7 Å². The van der Waals surface area contributed by atoms with Gasteiger partial charge in [0.2, 0.25) is 5.91 Å². The number of carbonyl (C=O) groups excluding carboxylic acids is 1. The van der Waals surface area contributed by atoms with Crippen LogP contribution in [0, 0.1) is 13.8 Å². The number of amides is 1. The molecule has 0 radical (unpaired) electrons. The van der Waals surface area contributed by atoms with Gasteiger partial charge in [-0.2, -0.15) is 10.1 Å². The SMILES string of the molecule is Cc1nc2ncnn2c(C)c1CC(=O)N1CC[NH+](Cc2ccc(C(C)C)cc2)CC1. The van der Waals surface area contributed by atoms with Gasteiger partial charge in [-0.15, -0.1) is 0 Å². The Kier molecular flexibility index (Phi) is 5.81. The van der Waals surface area contributed by atoms with Gasteiger partial charge >= 0.3 is 0 Å². The van der Waals surface area contributed by atoms with Crippen LogP contribution >= 0.6 is 0 Å². The lowest BCUT2D eigenvalue weighted by molar-refractivity contribution is -0.917. The molecule has 0 spiro atoms. The lowest BCUT2D eigenvalue weighted by Crippen LogP contribution is -3.13. The van der Waals surface area contributed by atoms with Crippen molar-refractivity contribution in [3.05, 3.63) is 58.7 Å². The number of quaternary nitrogens is 1. The van der Waals surface area contributed by atoms with E-state index in [1.165, 1.54) is 22.4 Å². The van der Waals surface area contributed by atoms with Crippen LogP contribution in [0.5, 0.6) is 0 Å². The molecule has 7 heteroatoms. The standard InChI is InChI=1S/C23H30N6O/c1-16(2)20-7-5-19(6-8-20)14-27-9-11-28(12-10-27)22(30)13-21-17(3)26-23-24-15-25-29(23)18(21)4/h5-8,15-16H,9-14H2,1-4H3/p+1. The summed E-state index contributed by atoms with van der Waals surface area (Å²) in [6, 6.07) is 8.98. The molecule has 1 aromatic carbocycles. The van der Waals surface area contributed by atoms with E-state index in [1.54, 1.807) is 4.52 Å². The highest BCUT2D eigenvalue weighted by molar-refractivity contribution is 5.79. The molecule has 0 aliphatic carbocycles. The van der Waals surface area contributed by atoms with Crippen molar-refractivity contribution in [3.8, 4) is 0 Å². The zero-order valence-corrected chi connectivity index (χ0v) is 18.4. The summed E-state index contributed by atoms with van der Waals surface area (Å²) in [6.07, 6.45) is 1.87. The van der Waals surface area contributed by atoms with Gasteiger partial charge in [0.05, 0.1) is 32.6 Å². The summed E-state index contributed by atoms with van der Waals surface area (Å²) in [6.45, 7) is 12.9. The van der Waals surface area contributed by atoms with Crippen molar-refractivity contribution in [1.29, 1.82) is 0 Å². The Bertz CT molecular complexity index is 1030. The van der Waals surface area contributed by atoms with Crippen molar-refractivity contribution in [3.63, 3.8) is 0 Å². The van der Waals surface area contributed by atoms with E-state index in [2.05, 4.69) is 53.2 Å². The molecule has 0 saturated carbocycles. The van der Waals surface area contributed by atoms with Gasteiger partial charge in [-0.1, -0.05) is 38.1 Å². The number of aryl methyl sites for hydroxylation is 2. The van der Waals surface area contributed by atoms with E-state index in [-0.39, 0.29) is 5.91 Å². The summed E-state index contributed by atoms with van der Waals surface area (Å²) in [5, 5.41) is 4.22. The maximum absolute atomic E-state index is 13.0. The molecule has 4 rings (SSSR count). The zero-order chi connectivity index (χ0) is 21.3. The Morgan fingerprint density at radius 2 is 1.83 bits per heavy atom. The lowest BCUT2D eigenvalue weighted by atomic mass is 10.0. The van der Waals surface area contributed by atoms with E-state index in [0.29, 0.717) is 18.1 Å². The fourth-order valence-corrected chi connectivity index (χ4v) is 4.23. The number of nitrogens with one attached hydrogen (secondary N) is 1. The third-order valence-electron chi connectivity index (χ3n) is 6.24. The van der Waals surface area contributed by atoms with Gasteiger partial charge in [-0.25, -0.2) is 9.50 Å². The number of nitrogens with zero attached hydrogens (tertiary/aromatic N) is 5. The largest absolute Gasteiger partial charge is 0.331 e. The molecule has 30 heavy (non-hydrogen) atoms. The molecule has 0 atom stereocenters. The number of hydrogen-bond donors (Lipinski definition) is 1. The number of rotatable bonds is 5. The van der Waals surface area contributed by atoms with Crippen LogP contribution < -0.4 is 4.90 Å². The Hall–Kier alpha value is -2.80. The van der Waals surface area contributed by atoms with Gasteiger partial charge in [0.15, 0.2) is 0 Å². The van der Waals surface area contributed by atoms with E-state index in [1.807, 2.05) is 18.7 Å². The second-order valence-corrected chi connectivity index (χ2v) is 8.61. The first-order valence-electron chi connectivity index (χ1n) is 10.8. The van der Waals surface area contributed by atoms with Crippen LogP contribution in [-0.2, 0) is 17.8 Å². The predicted octanol–water partition coefficient (Wildman–Crippen LogP) is 1.33. The summed E-state index contributed by atoms with van der Waals surface area (Å²) in [5.74, 6) is 1.32. The van der Waals surface area contributed by atoms with Crippen LogP contribution in [-0.4, -0.2) is 56.6 Å². The summed E-state index contributed by atoms with van der Waals surface area (Å²) in [5.41, 5.74) is 5.51. The molecule has 0 unspecified atom stereocenters. The number of piperazine rings is 1. The zero-order valence-electron chi connectivity index (χ0n) is 18.4. The Morgan fingerprint density at radius 1 is 1.13 bits per heavy atom. The van der Waals surface area contributed by atoms with E-state index >= 15 is 0 Å². The topological polar surface area (TPSA) is 67.8 Å². The smallest absolute Gasteiger partial charge is 0.252 e. The summed E-state index contributed by atoms with van der Waals surface area (Å²) >= 11 is 0. The van der Waals surface area contributed by atoms with Crippen molar-refractivity contribution in [2.24, 2.45) is 0 Å². The summed E-state index contributed by atoms with van der Waals surface area (Å²) < 4.78 is 1.71. The number of carbonyl (C=O) groups is 1. The van der Waals surface area contributed by atoms with Crippen LogP contribution in [0.4, 0.5) is 0 Å². The van der Waals surface area contributed by atoms with Crippen molar-refractivity contribution in [1.82, 2.24) is 24.5 Å². The van der Waals surface area contributed by atoms with E-state index in [4.69, 9.17) is 0 Å². The highest BCUT2D eigenvalue weighted by Gasteiger charge is 2.25. The molecule has 1 fully saturated rings. The fraction of sp³-hybridized carbons (Fsp3) is 0.478. The number of hydrogen-bond acceptors (Lipinski definition) is 4. The van der Waals surface area contributed by atoms with E-state index < -0.39 is 0 Å². The van der Waals surface area contributed by atoms with Crippen molar-refractivity contribution >= 4 is 11.7 Å². The molecule has 3 aromatic rings. The van der Waals surface area contributed by atoms with Crippen LogP contribution in [0.15, 0.2) is 30.6 Å². The van der Waals surface area contributed by atoms with Crippen LogP contribution in [0.2, 0.25) is 0 Å². The molecule has 0 bridgehead atoms. The molecular formula is C23H31N6O+. The average molecular weight is 408 g/mol. The van der Waals surface area contributed by atoms with Gasteiger partial charge in [-0.3, -0.25) is 4.79 Å². The number of fused-ring (bicyclic) bond motifs is 1. The first kappa shape index (κ1) is 20.5. The molecule has 1 saturated heterocycles. The van der Waals surface area contributed by atoms with Gasteiger partial charge in [-0.05, 0) is 25.3 Å². The molecule has 1 aliphatic rings. The molecule has 1 amide bonds.